The Kier molecular flexibility index (Phi) is 6.64. The van der Waals surface area contributed by atoms with Crippen LogP contribution in [0, 0.1) is 0 Å². The van der Waals surface area contributed by atoms with E-state index in [-0.39, 0.29) is 5.91 Å². The van der Waals surface area contributed by atoms with Gasteiger partial charge in [-0.2, -0.15) is 0 Å². The Morgan fingerprint density at radius 2 is 2.04 bits per heavy atom. The van der Waals surface area contributed by atoms with Crippen LogP contribution in [-0.4, -0.2) is 29.2 Å². The molecule has 0 spiro atoms. The molecule has 0 radical (unpaired) electrons. The fourth-order valence-corrected chi connectivity index (χ4v) is 3.86. The zero-order valence-electron chi connectivity index (χ0n) is 15.7. The number of hydrogen-bond acceptors (Lipinski definition) is 5. The number of amides is 1. The van der Waals surface area contributed by atoms with Crippen molar-refractivity contribution < 1.29 is 14.3 Å². The largest absolute Gasteiger partial charge is 0.493 e. The fourth-order valence-electron chi connectivity index (χ4n) is 2.50. The number of benzene rings is 2. The lowest BCUT2D eigenvalue weighted by Gasteiger charge is -2.13. The van der Waals surface area contributed by atoms with Crippen molar-refractivity contribution >= 4 is 39.3 Å². The van der Waals surface area contributed by atoms with Crippen LogP contribution in [0.15, 0.2) is 63.3 Å². The first-order chi connectivity index (χ1) is 13.5. The van der Waals surface area contributed by atoms with Crippen LogP contribution in [0.5, 0.6) is 11.5 Å². The number of carbonyl (C=O) groups is 1. The van der Waals surface area contributed by atoms with Gasteiger partial charge in [-0.05, 0) is 59.3 Å². The van der Waals surface area contributed by atoms with Gasteiger partial charge in [0.1, 0.15) is 0 Å². The quantitative estimate of drug-likeness (QED) is 0.536. The number of methoxy groups -OCH3 is 1. The van der Waals surface area contributed by atoms with Crippen LogP contribution in [0.4, 0.5) is 5.69 Å². The van der Waals surface area contributed by atoms with Crippen LogP contribution in [0.2, 0.25) is 0 Å². The van der Waals surface area contributed by atoms with Crippen molar-refractivity contribution in [2.75, 3.05) is 19.0 Å². The molecule has 1 N–H and O–H groups in total. The van der Waals surface area contributed by atoms with E-state index >= 15 is 0 Å². The number of nitrogens with one attached hydrogen (secondary N) is 1. The van der Waals surface area contributed by atoms with Crippen LogP contribution < -0.4 is 14.8 Å². The van der Waals surface area contributed by atoms with Crippen molar-refractivity contribution in [2.45, 2.75) is 17.0 Å². The summed E-state index contributed by atoms with van der Waals surface area (Å²) >= 11 is 5.00. The van der Waals surface area contributed by atoms with Gasteiger partial charge >= 0.3 is 0 Å². The third-order valence-corrected chi connectivity index (χ3v) is 5.55. The number of aryl methyl sites for hydroxylation is 1. The highest BCUT2D eigenvalue weighted by Crippen LogP contribution is 2.37. The minimum atomic E-state index is -0.230. The highest BCUT2D eigenvalue weighted by atomic mass is 79.9. The molecule has 146 valence electrons. The first-order valence-electron chi connectivity index (χ1n) is 8.58. The van der Waals surface area contributed by atoms with Gasteiger partial charge in [0, 0.05) is 35.6 Å². The van der Waals surface area contributed by atoms with E-state index in [9.17, 15) is 4.79 Å². The zero-order chi connectivity index (χ0) is 20.1. The van der Waals surface area contributed by atoms with Crippen molar-refractivity contribution in [3.63, 3.8) is 0 Å². The minimum Gasteiger partial charge on any atom is -0.493 e. The fraction of sp³-hybridized carbons (Fsp3) is 0.200. The lowest BCUT2D eigenvalue weighted by atomic mass is 10.2. The molecule has 2 aromatic carbocycles. The summed E-state index contributed by atoms with van der Waals surface area (Å²) in [6, 6.07) is 11.0. The molecule has 0 saturated carbocycles. The van der Waals surface area contributed by atoms with Crippen LogP contribution in [-0.2, 0) is 7.05 Å². The van der Waals surface area contributed by atoms with E-state index in [1.54, 1.807) is 37.2 Å². The van der Waals surface area contributed by atoms with E-state index in [1.807, 2.05) is 49.0 Å². The van der Waals surface area contributed by atoms with Crippen LogP contribution >= 0.6 is 27.7 Å². The average Bonchev–Trinajstić information content (AvgIpc) is 3.09. The van der Waals surface area contributed by atoms with E-state index in [1.165, 1.54) is 0 Å². The molecule has 0 aliphatic rings. The smallest absolute Gasteiger partial charge is 0.255 e. The van der Waals surface area contributed by atoms with Gasteiger partial charge in [-0.3, -0.25) is 4.79 Å². The number of halogens is 1. The second-order valence-electron chi connectivity index (χ2n) is 5.82. The lowest BCUT2D eigenvalue weighted by molar-refractivity contribution is 0.102. The van der Waals surface area contributed by atoms with E-state index in [2.05, 4.69) is 26.2 Å². The van der Waals surface area contributed by atoms with Crippen molar-refractivity contribution in [2.24, 2.45) is 7.05 Å². The van der Waals surface area contributed by atoms with Crippen molar-refractivity contribution in [1.82, 2.24) is 9.55 Å². The summed E-state index contributed by atoms with van der Waals surface area (Å²) in [4.78, 5) is 18.0. The van der Waals surface area contributed by atoms with Gasteiger partial charge in [-0.15, -0.1) is 0 Å². The summed E-state index contributed by atoms with van der Waals surface area (Å²) in [5, 5.41) is 3.81. The molecule has 0 aliphatic heterocycles. The molecule has 28 heavy (non-hydrogen) atoms. The number of anilines is 1. The van der Waals surface area contributed by atoms with E-state index in [0.29, 0.717) is 33.8 Å². The molecule has 3 aromatic rings. The van der Waals surface area contributed by atoms with Crippen LogP contribution in [0.25, 0.3) is 0 Å². The standard InChI is InChI=1S/C20H20BrN3O3S/c1-4-27-18-16(21)11-13(12-17(18)26-3)19(25)23-14-5-7-15(8-6-14)28-20-22-9-10-24(20)2/h5-12H,4H2,1-3H3,(H,23,25). The Labute approximate surface area is 176 Å². The molecule has 0 saturated heterocycles. The molecule has 1 heterocycles. The first kappa shape index (κ1) is 20.3. The predicted octanol–water partition coefficient (Wildman–Crippen LogP) is 4.99. The molecule has 0 atom stereocenters. The van der Waals surface area contributed by atoms with Gasteiger partial charge in [0.15, 0.2) is 16.7 Å². The molecule has 0 unspecified atom stereocenters. The summed E-state index contributed by atoms with van der Waals surface area (Å²) in [5.74, 6) is 0.854. The van der Waals surface area contributed by atoms with Gasteiger partial charge in [0.05, 0.1) is 18.2 Å². The lowest BCUT2D eigenvalue weighted by Crippen LogP contribution is -2.12. The zero-order valence-corrected chi connectivity index (χ0v) is 18.1. The Morgan fingerprint density at radius 1 is 1.29 bits per heavy atom. The SMILES string of the molecule is CCOc1c(Br)cc(C(=O)Nc2ccc(Sc3nccn3C)cc2)cc1OC. The molecule has 8 heteroatoms. The monoisotopic (exact) mass is 461 g/mol. The van der Waals surface area contributed by atoms with E-state index in [4.69, 9.17) is 9.47 Å². The second kappa shape index (κ2) is 9.16. The number of carbonyl (C=O) groups excluding carboxylic acids is 1. The molecule has 1 aromatic heterocycles. The summed E-state index contributed by atoms with van der Waals surface area (Å²) in [5.41, 5.74) is 1.18. The van der Waals surface area contributed by atoms with Crippen LogP contribution in [0.1, 0.15) is 17.3 Å². The Morgan fingerprint density at radius 3 is 2.64 bits per heavy atom. The molecule has 6 nitrogen and oxygen atoms in total. The summed E-state index contributed by atoms with van der Waals surface area (Å²) < 4.78 is 13.5. The number of aromatic nitrogens is 2. The topological polar surface area (TPSA) is 65.4 Å². The number of nitrogens with zero attached hydrogens (tertiary/aromatic N) is 2. The molecule has 0 bridgehead atoms. The minimum absolute atomic E-state index is 0.230. The number of rotatable bonds is 7. The predicted molar refractivity (Wildman–Crippen MR) is 114 cm³/mol. The normalized spacial score (nSPS) is 10.6. The van der Waals surface area contributed by atoms with Gasteiger partial charge in [0.25, 0.3) is 5.91 Å². The first-order valence-corrected chi connectivity index (χ1v) is 10.2. The van der Waals surface area contributed by atoms with Crippen molar-refractivity contribution in [3.8, 4) is 11.5 Å². The molecule has 0 aliphatic carbocycles. The van der Waals surface area contributed by atoms with E-state index in [0.717, 1.165) is 10.1 Å². The molecule has 0 fully saturated rings. The van der Waals surface area contributed by atoms with Crippen molar-refractivity contribution in [3.05, 3.63) is 58.8 Å². The Hall–Kier alpha value is -2.45. The third kappa shape index (κ3) is 4.69. The summed E-state index contributed by atoms with van der Waals surface area (Å²) in [6.45, 7) is 2.39. The number of imidazole rings is 1. The highest BCUT2D eigenvalue weighted by molar-refractivity contribution is 9.10. The van der Waals surface area contributed by atoms with Gasteiger partial charge < -0.3 is 19.4 Å². The molecule has 1 amide bonds. The Balaban J connectivity index is 1.72. The van der Waals surface area contributed by atoms with Gasteiger partial charge in [-0.25, -0.2) is 4.98 Å². The summed E-state index contributed by atoms with van der Waals surface area (Å²) in [7, 11) is 3.50. The third-order valence-electron chi connectivity index (χ3n) is 3.88. The molecular formula is C20H20BrN3O3S. The average molecular weight is 462 g/mol. The van der Waals surface area contributed by atoms with Gasteiger partial charge in [0.2, 0.25) is 0 Å². The maximum absolute atomic E-state index is 12.6. The molecule has 3 rings (SSSR count). The number of hydrogen-bond donors (Lipinski definition) is 1. The van der Waals surface area contributed by atoms with Crippen LogP contribution in [0.3, 0.4) is 0 Å². The molecular weight excluding hydrogens is 442 g/mol. The van der Waals surface area contributed by atoms with Gasteiger partial charge in [-0.1, -0.05) is 11.8 Å². The summed E-state index contributed by atoms with van der Waals surface area (Å²) in [6.07, 6.45) is 3.67. The van der Waals surface area contributed by atoms with Crippen molar-refractivity contribution in [1.29, 1.82) is 0 Å². The van der Waals surface area contributed by atoms with E-state index < -0.39 is 0 Å². The second-order valence-corrected chi connectivity index (χ2v) is 7.72. The highest BCUT2D eigenvalue weighted by Gasteiger charge is 2.15. The number of ether oxygens (including phenoxy) is 2. The Bertz CT molecular complexity index is 973. The maximum atomic E-state index is 12.6. The maximum Gasteiger partial charge on any atom is 0.255 e.